The molecule has 2 aliphatic rings. The second-order valence-electron chi connectivity index (χ2n) is 12.1. The second-order valence-corrected chi connectivity index (χ2v) is 16.6. The number of carbonyl (C=O) groups excluding carboxylic acids is 3. The van der Waals surface area contributed by atoms with Crippen molar-refractivity contribution in [2.45, 2.75) is 62.6 Å². The molecule has 1 atom stereocenters. The molecule has 5 rings (SSSR count). The van der Waals surface area contributed by atoms with Crippen molar-refractivity contribution in [1.29, 1.82) is 0 Å². The van der Waals surface area contributed by atoms with Gasteiger partial charge in [-0.1, -0.05) is 60.7 Å². The predicted octanol–water partition coefficient (Wildman–Crippen LogP) is 5.21. The summed E-state index contributed by atoms with van der Waals surface area (Å²) in [6, 6.07) is 17.1. The number of nitrogens with one attached hydrogen (secondary N) is 3. The number of rotatable bonds is 8. The quantitative estimate of drug-likeness (QED) is 0.318. The molecule has 0 spiro atoms. The van der Waals surface area contributed by atoms with Gasteiger partial charge in [0.05, 0.1) is 22.5 Å². The molecule has 3 N–H and O–H groups in total. The summed E-state index contributed by atoms with van der Waals surface area (Å²) < 4.78 is 5.26. The third-order valence-electron chi connectivity index (χ3n) is 8.55. The summed E-state index contributed by atoms with van der Waals surface area (Å²) in [6.07, 6.45) is 9.36. The van der Waals surface area contributed by atoms with Gasteiger partial charge in [-0.25, -0.2) is 19.6 Å². The molecule has 1 saturated carbocycles. The van der Waals surface area contributed by atoms with Gasteiger partial charge in [-0.15, -0.1) is 0 Å². The third-order valence-corrected chi connectivity index (χ3v) is 11.5. The van der Waals surface area contributed by atoms with E-state index in [-0.39, 0.29) is 23.8 Å². The van der Waals surface area contributed by atoms with E-state index in [1.165, 1.54) is 0 Å². The molecule has 2 heterocycles. The van der Waals surface area contributed by atoms with E-state index >= 15 is 0 Å². The molecule has 0 saturated heterocycles. The van der Waals surface area contributed by atoms with Crippen LogP contribution in [0.3, 0.4) is 0 Å². The smallest absolute Gasteiger partial charge is 0.333 e. The predicted molar refractivity (Wildman–Crippen MR) is 162 cm³/mol. The average molecular weight is 578 g/mol. The van der Waals surface area contributed by atoms with Crippen molar-refractivity contribution in [3.63, 3.8) is 0 Å². The zero-order valence-corrected chi connectivity index (χ0v) is 25.1. The molecular weight excluding hydrogens is 538 g/mol. The number of carbonyl (C=O) groups is 3. The number of hydrogen-bond acceptors (Lipinski definition) is 5. The van der Waals surface area contributed by atoms with Gasteiger partial charge in [0, 0.05) is 5.56 Å². The molecule has 2 aromatic carbocycles. The van der Waals surface area contributed by atoms with Crippen LogP contribution in [0, 0.1) is 0 Å². The maximum absolute atomic E-state index is 13.8. The van der Waals surface area contributed by atoms with Gasteiger partial charge in [0.25, 0.3) is 0 Å². The van der Waals surface area contributed by atoms with Crippen molar-refractivity contribution in [1.82, 2.24) is 20.4 Å². The molecule has 0 bridgehead atoms. The lowest BCUT2D eigenvalue weighted by molar-refractivity contribution is -0.147. The first-order chi connectivity index (χ1) is 19.4. The molecule has 218 valence electrons. The number of urea groups is 1. The second kappa shape index (κ2) is 10.9. The Morgan fingerprint density at radius 2 is 1.66 bits per heavy atom. The number of anilines is 1. The molecule has 1 aliphatic carbocycles. The molecule has 0 unspecified atom stereocenters. The van der Waals surface area contributed by atoms with Crippen molar-refractivity contribution in [2.24, 2.45) is 0 Å². The van der Waals surface area contributed by atoms with Crippen LogP contribution in [0.5, 0.6) is 0 Å². The van der Waals surface area contributed by atoms with Crippen molar-refractivity contribution >= 4 is 33.8 Å². The van der Waals surface area contributed by atoms with Gasteiger partial charge in [0.2, 0.25) is 5.91 Å². The third kappa shape index (κ3) is 5.32. The lowest BCUT2D eigenvalue weighted by Crippen LogP contribution is -2.51. The fourth-order valence-electron chi connectivity index (χ4n) is 5.72. The lowest BCUT2D eigenvalue weighted by Gasteiger charge is -2.53. The molecule has 1 aromatic heterocycles. The number of aromatic nitrogens is 2. The number of benzene rings is 2. The first-order valence-electron chi connectivity index (χ1n) is 13.8. The Morgan fingerprint density at radius 3 is 2.24 bits per heavy atom. The summed E-state index contributed by atoms with van der Waals surface area (Å²) in [6.45, 7) is 4.17. The van der Waals surface area contributed by atoms with Crippen molar-refractivity contribution in [3.8, 4) is 0 Å². The van der Waals surface area contributed by atoms with Gasteiger partial charge in [0.1, 0.15) is 6.61 Å². The van der Waals surface area contributed by atoms with E-state index in [0.717, 1.165) is 36.1 Å². The number of nitrogens with zero attached hydrogens (tertiary/aromatic N) is 2. The van der Waals surface area contributed by atoms with Crippen molar-refractivity contribution in [2.75, 3.05) is 24.1 Å². The van der Waals surface area contributed by atoms with Crippen LogP contribution in [0.15, 0.2) is 60.7 Å². The Balaban J connectivity index is 1.33. The summed E-state index contributed by atoms with van der Waals surface area (Å²) in [4.78, 5) is 42.2. The van der Waals surface area contributed by atoms with E-state index in [9.17, 15) is 14.4 Å². The SMILES string of the molecule is CC1(C)c2[nH]nc(NC(=O)C3(S(C)(C)C)CCC3)c2CN1C(=O)N[C@H](C(=O)OCc1ccccc1)c1ccccc1. The van der Waals surface area contributed by atoms with E-state index < -0.39 is 33.6 Å². The molecule has 0 radical (unpaired) electrons. The van der Waals surface area contributed by atoms with Gasteiger partial charge in [-0.2, -0.15) is 5.10 Å². The summed E-state index contributed by atoms with van der Waals surface area (Å²) in [5.74, 6) is -0.0780. The number of H-pyrrole nitrogens is 1. The summed E-state index contributed by atoms with van der Waals surface area (Å²) >= 11 is 0. The molecular formula is C31H39N5O4S. The molecule has 1 fully saturated rings. The highest BCUT2D eigenvalue weighted by atomic mass is 32.3. The van der Waals surface area contributed by atoms with E-state index in [0.29, 0.717) is 11.4 Å². The Hall–Kier alpha value is -3.79. The first kappa shape index (κ1) is 28.7. The van der Waals surface area contributed by atoms with Crippen LogP contribution in [0.25, 0.3) is 0 Å². The summed E-state index contributed by atoms with van der Waals surface area (Å²) in [5, 5.41) is 13.5. The Morgan fingerprint density at radius 1 is 1.02 bits per heavy atom. The van der Waals surface area contributed by atoms with Crippen molar-refractivity contribution in [3.05, 3.63) is 83.0 Å². The maximum Gasteiger partial charge on any atom is 0.333 e. The Kier molecular flexibility index (Phi) is 7.63. The summed E-state index contributed by atoms with van der Waals surface area (Å²) in [7, 11) is -1.13. The highest BCUT2D eigenvalue weighted by Crippen LogP contribution is 2.60. The van der Waals surface area contributed by atoms with Gasteiger partial charge in [-0.05, 0) is 63.0 Å². The van der Waals surface area contributed by atoms with Crippen molar-refractivity contribution < 1.29 is 19.1 Å². The summed E-state index contributed by atoms with van der Waals surface area (Å²) in [5.41, 5.74) is 2.27. The highest BCUT2D eigenvalue weighted by molar-refractivity contribution is 8.33. The minimum absolute atomic E-state index is 0.00607. The van der Waals surface area contributed by atoms with E-state index in [2.05, 4.69) is 39.6 Å². The fourth-order valence-corrected chi connectivity index (χ4v) is 7.84. The minimum Gasteiger partial charge on any atom is -0.459 e. The number of aromatic amines is 1. The highest BCUT2D eigenvalue weighted by Gasteiger charge is 2.51. The number of ether oxygens (including phenoxy) is 1. The first-order valence-corrected chi connectivity index (χ1v) is 16.7. The molecule has 9 nitrogen and oxygen atoms in total. The number of fused-ring (bicyclic) bond motifs is 1. The van der Waals surface area contributed by atoms with Gasteiger partial charge < -0.3 is 20.3 Å². The monoisotopic (exact) mass is 577 g/mol. The normalized spacial score (nSPS) is 18.0. The van der Waals surface area contributed by atoms with E-state index in [1.54, 1.807) is 17.0 Å². The molecule has 3 aromatic rings. The molecule has 10 heteroatoms. The average Bonchev–Trinajstić information content (AvgIpc) is 3.42. The zero-order valence-electron chi connectivity index (χ0n) is 24.3. The van der Waals surface area contributed by atoms with Crippen LogP contribution < -0.4 is 10.6 Å². The van der Waals surface area contributed by atoms with Crippen LogP contribution in [-0.2, 0) is 33.0 Å². The molecule has 41 heavy (non-hydrogen) atoms. The van der Waals surface area contributed by atoms with E-state index in [4.69, 9.17) is 4.74 Å². The van der Waals surface area contributed by atoms with Crippen LogP contribution in [0.1, 0.15) is 61.5 Å². The lowest BCUT2D eigenvalue weighted by atomic mass is 9.83. The fraction of sp³-hybridized carbons (Fsp3) is 0.419. The zero-order chi connectivity index (χ0) is 29.4. The number of amides is 3. The number of hydrogen-bond donors (Lipinski definition) is 3. The van der Waals surface area contributed by atoms with Gasteiger partial charge in [0.15, 0.2) is 11.9 Å². The van der Waals surface area contributed by atoms with Crippen LogP contribution in [-0.4, -0.2) is 56.5 Å². The largest absolute Gasteiger partial charge is 0.459 e. The van der Waals surface area contributed by atoms with Crippen LogP contribution in [0.2, 0.25) is 0 Å². The molecule has 1 aliphatic heterocycles. The van der Waals surface area contributed by atoms with Gasteiger partial charge >= 0.3 is 12.0 Å². The van der Waals surface area contributed by atoms with Crippen LogP contribution >= 0.6 is 10.0 Å². The number of esters is 1. The van der Waals surface area contributed by atoms with Crippen LogP contribution in [0.4, 0.5) is 10.6 Å². The molecule has 3 amide bonds. The minimum atomic E-state index is -1.13. The standard InChI is InChI=1S/C31H39N5O4S/c1-30(2)25-23(26(35-34-25)33-28(38)31(17-12-18-31)41(3,4)5)19-36(30)29(39)32-24(22-15-10-7-11-16-22)27(37)40-20-21-13-8-6-9-14-21/h6-11,13-16,24H,12,17-20H2,1-5H3,(H,32,39)(H2,33,34,35,38)/t24-/m0/s1. The van der Waals surface area contributed by atoms with E-state index in [1.807, 2.05) is 62.4 Å². The Bertz CT molecular complexity index is 1430. The van der Waals surface area contributed by atoms with Gasteiger partial charge in [-0.3, -0.25) is 9.89 Å². The maximum atomic E-state index is 13.8. The Labute approximate surface area is 242 Å². The topological polar surface area (TPSA) is 116 Å².